The van der Waals surface area contributed by atoms with Crippen LogP contribution in [0.25, 0.3) is 0 Å². The third kappa shape index (κ3) is 2.37. The molecule has 0 aliphatic carbocycles. The van der Waals surface area contributed by atoms with Crippen LogP contribution in [0, 0.1) is 0 Å². The molecule has 0 unspecified atom stereocenters. The molecule has 0 aliphatic rings. The third-order valence-corrected chi connectivity index (χ3v) is 7.65. The summed E-state index contributed by atoms with van der Waals surface area (Å²) in [6.45, 7) is 6.93. The molecule has 50 valence electrons. The Bertz CT molecular complexity index is 51.3. The number of hydrogen-bond acceptors (Lipinski definition) is 1. The van der Waals surface area contributed by atoms with Gasteiger partial charge in [0.25, 0.3) is 0 Å². The fourth-order valence-corrected chi connectivity index (χ4v) is 2.47. The van der Waals surface area contributed by atoms with Crippen LogP contribution in [0.1, 0.15) is 13.8 Å². The minimum Gasteiger partial charge on any atom is -0.139 e. The van der Waals surface area contributed by atoms with E-state index in [-0.39, 0.29) is 0 Å². The second-order valence-electron chi connectivity index (χ2n) is 2.39. The SMILES string of the molecule is CC[P+](C)(CC)CS. The van der Waals surface area contributed by atoms with Crippen molar-refractivity contribution in [2.45, 2.75) is 13.8 Å². The molecule has 0 spiro atoms. The lowest BCUT2D eigenvalue weighted by atomic mass is 11.0. The maximum Gasteiger partial charge on any atom is 0.101 e. The summed E-state index contributed by atoms with van der Waals surface area (Å²) in [5, 5.41) is 0. The first-order valence-corrected chi connectivity index (χ1v) is 6.55. The van der Waals surface area contributed by atoms with Crippen LogP contribution in [0.5, 0.6) is 0 Å². The summed E-state index contributed by atoms with van der Waals surface area (Å²) in [5.74, 6) is 0. The Morgan fingerprint density at radius 3 is 1.62 bits per heavy atom. The Morgan fingerprint density at radius 1 is 1.25 bits per heavy atom. The average molecular weight is 151 g/mol. The topological polar surface area (TPSA) is 0 Å². The molecule has 0 nitrogen and oxygen atoms in total. The summed E-state index contributed by atoms with van der Waals surface area (Å²) in [6.07, 6.45) is 2.71. The second-order valence-corrected chi connectivity index (χ2v) is 8.03. The van der Waals surface area contributed by atoms with E-state index < -0.39 is 7.26 Å². The monoisotopic (exact) mass is 151 g/mol. The molecule has 0 bridgehead atoms. The van der Waals surface area contributed by atoms with E-state index in [1.807, 2.05) is 0 Å². The van der Waals surface area contributed by atoms with E-state index in [9.17, 15) is 0 Å². The Kier molecular flexibility index (Phi) is 4.10. The first-order valence-electron chi connectivity index (χ1n) is 3.13. The van der Waals surface area contributed by atoms with Gasteiger partial charge in [0, 0.05) is 13.9 Å². The summed E-state index contributed by atoms with van der Waals surface area (Å²) in [5.41, 5.74) is 1.12. The van der Waals surface area contributed by atoms with E-state index in [0.29, 0.717) is 0 Å². The first kappa shape index (κ1) is 8.78. The van der Waals surface area contributed by atoms with Crippen LogP contribution in [0.2, 0.25) is 0 Å². The molecule has 0 aromatic heterocycles. The van der Waals surface area contributed by atoms with E-state index in [2.05, 4.69) is 33.1 Å². The van der Waals surface area contributed by atoms with Crippen LogP contribution in [-0.2, 0) is 0 Å². The highest BCUT2D eigenvalue weighted by Gasteiger charge is 2.23. The molecule has 0 saturated heterocycles. The number of hydrogen-bond donors (Lipinski definition) is 1. The summed E-state index contributed by atoms with van der Waals surface area (Å²) in [4.78, 5) is 0. The fraction of sp³-hybridized carbons (Fsp3) is 1.00. The van der Waals surface area contributed by atoms with Crippen molar-refractivity contribution in [3.05, 3.63) is 0 Å². The average Bonchev–Trinajstić information content (AvgIpc) is 1.87. The van der Waals surface area contributed by atoms with Gasteiger partial charge in [-0.1, -0.05) is 0 Å². The van der Waals surface area contributed by atoms with Crippen LogP contribution in [-0.4, -0.2) is 24.5 Å². The highest BCUT2D eigenvalue weighted by Crippen LogP contribution is 2.54. The highest BCUT2D eigenvalue weighted by molar-refractivity contribution is 7.94. The lowest BCUT2D eigenvalue weighted by molar-refractivity contribution is 1.37. The summed E-state index contributed by atoms with van der Waals surface area (Å²) in [7, 11) is -0.548. The van der Waals surface area contributed by atoms with Crippen LogP contribution in [0.15, 0.2) is 0 Å². The minimum atomic E-state index is -0.548. The quantitative estimate of drug-likeness (QED) is 0.465. The van der Waals surface area contributed by atoms with Gasteiger partial charge in [0.2, 0.25) is 0 Å². The molecule has 0 aromatic carbocycles. The van der Waals surface area contributed by atoms with Gasteiger partial charge in [0.15, 0.2) is 0 Å². The molecule has 0 N–H and O–H groups in total. The van der Waals surface area contributed by atoms with Crippen LogP contribution >= 0.6 is 19.9 Å². The molecule has 0 rings (SSSR count). The third-order valence-electron chi connectivity index (χ3n) is 1.87. The molecule has 0 fully saturated rings. The Balaban J connectivity index is 3.58. The van der Waals surface area contributed by atoms with Gasteiger partial charge in [-0.15, -0.1) is 12.6 Å². The molecular formula is C6H16PS+. The highest BCUT2D eigenvalue weighted by atomic mass is 32.1. The van der Waals surface area contributed by atoms with Crippen molar-refractivity contribution in [3.8, 4) is 0 Å². The molecule has 2 heteroatoms. The van der Waals surface area contributed by atoms with E-state index in [0.717, 1.165) is 5.49 Å². The van der Waals surface area contributed by atoms with E-state index in [1.165, 1.54) is 12.3 Å². The van der Waals surface area contributed by atoms with Crippen LogP contribution in [0.4, 0.5) is 0 Å². The molecule has 0 aromatic rings. The summed E-state index contributed by atoms with van der Waals surface area (Å²) < 4.78 is 0. The molecule has 8 heavy (non-hydrogen) atoms. The van der Waals surface area contributed by atoms with Gasteiger partial charge >= 0.3 is 0 Å². The van der Waals surface area contributed by atoms with Crippen molar-refractivity contribution in [1.82, 2.24) is 0 Å². The minimum absolute atomic E-state index is 0.548. The number of thiol groups is 1. The zero-order valence-electron chi connectivity index (χ0n) is 6.02. The molecule has 0 aliphatic heterocycles. The predicted octanol–water partition coefficient (Wildman–Crippen LogP) is 2.56. The van der Waals surface area contributed by atoms with E-state index in [1.54, 1.807) is 0 Å². The maximum absolute atomic E-state index is 4.31. The van der Waals surface area contributed by atoms with Crippen LogP contribution < -0.4 is 0 Å². The molecule has 0 radical (unpaired) electrons. The van der Waals surface area contributed by atoms with E-state index >= 15 is 0 Å². The van der Waals surface area contributed by atoms with Crippen molar-refractivity contribution in [3.63, 3.8) is 0 Å². The molecule has 0 amide bonds. The number of rotatable bonds is 3. The zero-order valence-corrected chi connectivity index (χ0v) is 7.80. The van der Waals surface area contributed by atoms with Crippen molar-refractivity contribution >= 4 is 19.9 Å². The predicted molar refractivity (Wildman–Crippen MR) is 47.8 cm³/mol. The standard InChI is InChI=1S/C6H15PS/c1-4-7(3,5-2)6-8/h4-6H2,1-3H3/p+1. The molecular weight excluding hydrogens is 135 g/mol. The van der Waals surface area contributed by atoms with E-state index in [4.69, 9.17) is 0 Å². The maximum atomic E-state index is 4.31. The van der Waals surface area contributed by atoms with Gasteiger partial charge in [0.1, 0.15) is 5.49 Å². The lowest BCUT2D eigenvalue weighted by Crippen LogP contribution is -1.97. The van der Waals surface area contributed by atoms with Crippen molar-refractivity contribution in [2.75, 3.05) is 24.5 Å². The Labute approximate surface area is 58.8 Å². The van der Waals surface area contributed by atoms with Crippen molar-refractivity contribution < 1.29 is 0 Å². The Hall–Kier alpha value is 0.780. The van der Waals surface area contributed by atoms with Gasteiger partial charge in [0.05, 0.1) is 12.3 Å². The largest absolute Gasteiger partial charge is 0.139 e. The smallest absolute Gasteiger partial charge is 0.101 e. The molecule has 0 atom stereocenters. The first-order chi connectivity index (χ1) is 3.68. The molecule has 0 saturated carbocycles. The normalized spacial score (nSPS) is 12.0. The Morgan fingerprint density at radius 2 is 1.62 bits per heavy atom. The van der Waals surface area contributed by atoms with Crippen molar-refractivity contribution in [2.24, 2.45) is 0 Å². The fourth-order valence-electron chi connectivity index (χ4n) is 0.424. The van der Waals surface area contributed by atoms with Gasteiger partial charge in [-0.25, -0.2) is 0 Å². The summed E-state index contributed by atoms with van der Waals surface area (Å²) >= 11 is 4.31. The summed E-state index contributed by atoms with van der Waals surface area (Å²) in [6, 6.07) is 0. The van der Waals surface area contributed by atoms with Gasteiger partial charge in [-0.2, -0.15) is 0 Å². The van der Waals surface area contributed by atoms with Crippen molar-refractivity contribution in [1.29, 1.82) is 0 Å². The molecule has 0 heterocycles. The van der Waals surface area contributed by atoms with Gasteiger partial charge in [-0.05, 0) is 13.8 Å². The zero-order chi connectivity index (χ0) is 6.62. The van der Waals surface area contributed by atoms with Gasteiger partial charge < -0.3 is 0 Å². The van der Waals surface area contributed by atoms with Gasteiger partial charge in [-0.3, -0.25) is 0 Å². The second kappa shape index (κ2) is 3.74. The van der Waals surface area contributed by atoms with Crippen LogP contribution in [0.3, 0.4) is 0 Å². The lowest BCUT2D eigenvalue weighted by Gasteiger charge is -2.15.